The summed E-state index contributed by atoms with van der Waals surface area (Å²) in [6, 6.07) is -0.0268. The highest BCUT2D eigenvalue weighted by molar-refractivity contribution is 5.74. The topological polar surface area (TPSA) is 89.7 Å². The average molecular weight is 352 g/mol. The predicted molar refractivity (Wildman–Crippen MR) is 90.3 cm³/mol. The first-order valence-corrected chi connectivity index (χ1v) is 9.13. The van der Waals surface area contributed by atoms with Gasteiger partial charge in [0, 0.05) is 51.5 Å². The van der Waals surface area contributed by atoms with Gasteiger partial charge in [0.15, 0.2) is 5.82 Å². The summed E-state index contributed by atoms with van der Waals surface area (Å²) in [6.45, 7) is 8.53. The first kappa shape index (κ1) is 18.1. The minimum Gasteiger partial charge on any atom is -0.382 e. The zero-order valence-electron chi connectivity index (χ0n) is 15.1. The van der Waals surface area contributed by atoms with E-state index in [1.807, 2.05) is 18.7 Å². The van der Waals surface area contributed by atoms with Crippen LogP contribution >= 0.6 is 0 Å². The van der Waals surface area contributed by atoms with E-state index in [0.29, 0.717) is 57.8 Å². The van der Waals surface area contributed by atoms with Crippen molar-refractivity contribution < 1.29 is 18.8 Å². The van der Waals surface area contributed by atoms with Crippen molar-refractivity contribution in [2.45, 2.75) is 39.0 Å². The third-order valence-electron chi connectivity index (χ3n) is 5.21. The van der Waals surface area contributed by atoms with Gasteiger partial charge in [0.05, 0.1) is 5.92 Å². The van der Waals surface area contributed by atoms with Gasteiger partial charge in [-0.15, -0.1) is 0 Å². The predicted octanol–water partition coefficient (Wildman–Crippen LogP) is 1.71. The molecule has 8 nitrogen and oxygen atoms in total. The van der Waals surface area contributed by atoms with Crippen molar-refractivity contribution in [2.24, 2.45) is 5.41 Å². The van der Waals surface area contributed by atoms with E-state index in [1.54, 1.807) is 0 Å². The van der Waals surface area contributed by atoms with E-state index >= 15 is 0 Å². The van der Waals surface area contributed by atoms with Gasteiger partial charge >= 0.3 is 6.03 Å². The minimum atomic E-state index is -0.0279. The monoisotopic (exact) mass is 352 g/mol. The Morgan fingerprint density at radius 1 is 1.44 bits per heavy atom. The molecule has 3 heterocycles. The maximum atomic E-state index is 12.6. The summed E-state index contributed by atoms with van der Waals surface area (Å²) in [5, 5.41) is 6.93. The number of urea groups is 1. The molecule has 0 aromatic carbocycles. The number of nitrogens with zero attached hydrogens (tertiary/aromatic N) is 3. The third-order valence-corrected chi connectivity index (χ3v) is 5.21. The quantitative estimate of drug-likeness (QED) is 0.784. The lowest BCUT2D eigenvalue weighted by molar-refractivity contribution is 0.00942. The normalized spacial score (nSPS) is 22.5. The minimum absolute atomic E-state index is 0.0268. The Morgan fingerprint density at radius 3 is 2.92 bits per heavy atom. The standard InChI is InChI=1S/C17H28N4O4/c1-3-23-8-4-7-18-16(22)21-11-14(15-19-13(2)20-25-15)17(12-21)5-9-24-10-6-17/h14H,3-12H2,1-2H3,(H,18,22)/t14-/m1/s1. The summed E-state index contributed by atoms with van der Waals surface area (Å²) in [4.78, 5) is 18.9. The first-order chi connectivity index (χ1) is 12.1. The molecule has 0 unspecified atom stereocenters. The number of rotatable bonds is 6. The molecule has 2 fully saturated rings. The van der Waals surface area contributed by atoms with Crippen molar-refractivity contribution in [1.29, 1.82) is 0 Å². The van der Waals surface area contributed by atoms with E-state index in [-0.39, 0.29) is 17.4 Å². The summed E-state index contributed by atoms with van der Waals surface area (Å²) >= 11 is 0. The maximum Gasteiger partial charge on any atom is 0.317 e. The summed E-state index contributed by atoms with van der Waals surface area (Å²) in [6.07, 6.45) is 2.64. The number of ether oxygens (including phenoxy) is 2. The molecule has 0 radical (unpaired) electrons. The number of carbonyl (C=O) groups excluding carboxylic acids is 1. The fraction of sp³-hybridized carbons (Fsp3) is 0.824. The molecule has 2 amide bonds. The van der Waals surface area contributed by atoms with Crippen LogP contribution in [-0.2, 0) is 9.47 Å². The van der Waals surface area contributed by atoms with Crippen LogP contribution in [0.4, 0.5) is 4.79 Å². The van der Waals surface area contributed by atoms with Gasteiger partial charge in [-0.25, -0.2) is 4.79 Å². The van der Waals surface area contributed by atoms with Gasteiger partial charge in [-0.2, -0.15) is 4.98 Å². The number of nitrogens with one attached hydrogen (secondary N) is 1. The highest BCUT2D eigenvalue weighted by Crippen LogP contribution is 2.48. The number of aromatic nitrogens is 2. The molecule has 2 aliphatic heterocycles. The second kappa shape index (κ2) is 8.14. The third kappa shape index (κ3) is 4.12. The largest absolute Gasteiger partial charge is 0.382 e. The molecule has 1 aromatic heterocycles. The van der Waals surface area contributed by atoms with Crippen LogP contribution in [0.2, 0.25) is 0 Å². The molecule has 1 aromatic rings. The summed E-state index contributed by atoms with van der Waals surface area (Å²) in [5.74, 6) is 1.36. The van der Waals surface area contributed by atoms with Crippen molar-refractivity contribution >= 4 is 6.03 Å². The van der Waals surface area contributed by atoms with Crippen LogP contribution in [0, 0.1) is 12.3 Å². The molecular formula is C17H28N4O4. The molecule has 1 spiro atoms. The number of amides is 2. The molecular weight excluding hydrogens is 324 g/mol. The Kier molecular flexibility index (Phi) is 5.90. The van der Waals surface area contributed by atoms with Crippen molar-refractivity contribution in [3.8, 4) is 0 Å². The Bertz CT molecular complexity index is 571. The maximum absolute atomic E-state index is 12.6. The lowest BCUT2D eigenvalue weighted by atomic mass is 9.72. The van der Waals surface area contributed by atoms with Gasteiger partial charge in [0.1, 0.15) is 0 Å². The van der Waals surface area contributed by atoms with Crippen LogP contribution in [0.25, 0.3) is 0 Å². The van der Waals surface area contributed by atoms with E-state index < -0.39 is 0 Å². The van der Waals surface area contributed by atoms with E-state index in [4.69, 9.17) is 14.0 Å². The molecule has 0 bridgehead atoms. The van der Waals surface area contributed by atoms with Crippen LogP contribution in [0.15, 0.2) is 4.52 Å². The number of hydrogen-bond donors (Lipinski definition) is 1. The number of hydrogen-bond acceptors (Lipinski definition) is 6. The summed E-state index contributed by atoms with van der Waals surface area (Å²) in [5.41, 5.74) is -0.0279. The highest BCUT2D eigenvalue weighted by Gasteiger charge is 2.51. The molecule has 3 rings (SSSR count). The van der Waals surface area contributed by atoms with Crippen molar-refractivity contribution in [1.82, 2.24) is 20.4 Å². The Morgan fingerprint density at radius 2 is 2.24 bits per heavy atom. The highest BCUT2D eigenvalue weighted by atomic mass is 16.5. The van der Waals surface area contributed by atoms with Crippen molar-refractivity contribution in [3.05, 3.63) is 11.7 Å². The lowest BCUT2D eigenvalue weighted by Crippen LogP contribution is -2.41. The zero-order chi connectivity index (χ0) is 17.7. The lowest BCUT2D eigenvalue weighted by Gasteiger charge is -2.36. The van der Waals surface area contributed by atoms with Gasteiger partial charge in [0.2, 0.25) is 5.89 Å². The molecule has 25 heavy (non-hydrogen) atoms. The van der Waals surface area contributed by atoms with Crippen LogP contribution in [-0.4, -0.2) is 67.1 Å². The summed E-state index contributed by atoms with van der Waals surface area (Å²) < 4.78 is 16.3. The molecule has 1 atom stereocenters. The smallest absolute Gasteiger partial charge is 0.317 e. The summed E-state index contributed by atoms with van der Waals surface area (Å²) in [7, 11) is 0. The first-order valence-electron chi connectivity index (χ1n) is 9.13. The van der Waals surface area contributed by atoms with Gasteiger partial charge in [0.25, 0.3) is 0 Å². The Labute approximate surface area is 148 Å². The molecule has 140 valence electrons. The van der Waals surface area contributed by atoms with Crippen molar-refractivity contribution in [3.63, 3.8) is 0 Å². The van der Waals surface area contributed by atoms with E-state index in [2.05, 4.69) is 15.5 Å². The van der Waals surface area contributed by atoms with E-state index in [0.717, 1.165) is 19.3 Å². The Hall–Kier alpha value is -1.67. The fourth-order valence-electron chi connectivity index (χ4n) is 3.83. The van der Waals surface area contributed by atoms with E-state index in [1.165, 1.54) is 0 Å². The molecule has 2 aliphatic rings. The molecule has 1 N–H and O–H groups in total. The molecule has 0 saturated carbocycles. The van der Waals surface area contributed by atoms with Crippen LogP contribution in [0.1, 0.15) is 43.8 Å². The van der Waals surface area contributed by atoms with Crippen LogP contribution < -0.4 is 5.32 Å². The number of likely N-dealkylation sites (tertiary alicyclic amines) is 1. The second-order valence-corrected chi connectivity index (χ2v) is 6.87. The Balaban J connectivity index is 1.63. The second-order valence-electron chi connectivity index (χ2n) is 6.87. The van der Waals surface area contributed by atoms with Crippen LogP contribution in [0.5, 0.6) is 0 Å². The molecule has 2 saturated heterocycles. The van der Waals surface area contributed by atoms with Gasteiger partial charge < -0.3 is 24.2 Å². The van der Waals surface area contributed by atoms with E-state index in [9.17, 15) is 4.79 Å². The van der Waals surface area contributed by atoms with Gasteiger partial charge in [-0.1, -0.05) is 5.16 Å². The fourth-order valence-corrected chi connectivity index (χ4v) is 3.83. The molecule has 0 aliphatic carbocycles. The SMILES string of the molecule is CCOCCCNC(=O)N1C[C@H](c2nc(C)no2)C2(CCOCC2)C1. The molecule has 8 heteroatoms. The average Bonchev–Trinajstić information content (AvgIpc) is 3.19. The van der Waals surface area contributed by atoms with Gasteiger partial charge in [-0.3, -0.25) is 0 Å². The van der Waals surface area contributed by atoms with Gasteiger partial charge in [-0.05, 0) is 33.1 Å². The zero-order valence-corrected chi connectivity index (χ0v) is 15.1. The van der Waals surface area contributed by atoms with Crippen LogP contribution in [0.3, 0.4) is 0 Å². The number of carbonyl (C=O) groups is 1. The number of aryl methyl sites for hydroxylation is 1. The van der Waals surface area contributed by atoms with Crippen molar-refractivity contribution in [2.75, 3.05) is 46.1 Å².